The predicted molar refractivity (Wildman–Crippen MR) is 82.6 cm³/mol. The van der Waals surface area contributed by atoms with Crippen LogP contribution in [0.3, 0.4) is 0 Å². The van der Waals surface area contributed by atoms with Crippen molar-refractivity contribution in [1.29, 1.82) is 0 Å². The summed E-state index contributed by atoms with van der Waals surface area (Å²) in [4.78, 5) is 11.0. The zero-order chi connectivity index (χ0) is 16.8. The van der Waals surface area contributed by atoms with E-state index in [9.17, 15) is 13.6 Å². The van der Waals surface area contributed by atoms with Gasteiger partial charge in [-0.05, 0) is 30.2 Å². The van der Waals surface area contributed by atoms with E-state index in [-0.39, 0.29) is 12.4 Å². The summed E-state index contributed by atoms with van der Waals surface area (Å²) in [6.07, 6.45) is 0. The number of hydrogen-bond donors (Lipinski definition) is 2. The topological polar surface area (TPSA) is 64.3 Å². The molecule has 0 aliphatic rings. The quantitative estimate of drug-likeness (QED) is 0.824. The average Bonchev–Trinajstić information content (AvgIpc) is 2.53. The summed E-state index contributed by atoms with van der Waals surface area (Å²) in [5.41, 5.74) is 6.92. The number of ether oxygens (including phenoxy) is 1. The van der Waals surface area contributed by atoms with Crippen LogP contribution < -0.4 is 15.8 Å². The summed E-state index contributed by atoms with van der Waals surface area (Å²) in [7, 11) is 0. The van der Waals surface area contributed by atoms with E-state index in [1.54, 1.807) is 6.92 Å². The average molecular weight is 320 g/mol. The molecule has 2 aromatic carbocycles. The number of primary amides is 1. The molecule has 122 valence electrons. The van der Waals surface area contributed by atoms with Crippen LogP contribution in [0.5, 0.6) is 5.75 Å². The van der Waals surface area contributed by atoms with E-state index in [1.807, 2.05) is 24.3 Å². The fourth-order valence-electron chi connectivity index (χ4n) is 1.95. The fraction of sp³-hybridized carbons (Fsp3) is 0.235. The fourth-order valence-corrected chi connectivity index (χ4v) is 1.95. The summed E-state index contributed by atoms with van der Waals surface area (Å²) < 4.78 is 31.9. The maximum atomic E-state index is 13.5. The SMILES string of the molecule is C[C@H](NCc1cccc(COc2cc(F)ccc2F)c1)C(N)=O. The van der Waals surface area contributed by atoms with Crippen LogP contribution in [-0.2, 0) is 17.9 Å². The molecule has 0 aromatic heterocycles. The summed E-state index contributed by atoms with van der Waals surface area (Å²) in [5, 5.41) is 2.99. The minimum absolute atomic E-state index is 0.111. The normalized spacial score (nSPS) is 12.0. The third kappa shape index (κ3) is 5.03. The molecule has 0 radical (unpaired) electrons. The molecule has 0 saturated carbocycles. The molecule has 0 heterocycles. The number of benzene rings is 2. The minimum atomic E-state index is -0.612. The summed E-state index contributed by atoms with van der Waals surface area (Å²) in [6.45, 7) is 2.26. The predicted octanol–water partition coefficient (Wildman–Crippen LogP) is 2.51. The van der Waals surface area contributed by atoms with Crippen molar-refractivity contribution < 1.29 is 18.3 Å². The van der Waals surface area contributed by atoms with Gasteiger partial charge >= 0.3 is 0 Å². The van der Waals surface area contributed by atoms with Crippen molar-refractivity contribution in [1.82, 2.24) is 5.32 Å². The van der Waals surface area contributed by atoms with Gasteiger partial charge in [-0.15, -0.1) is 0 Å². The molecule has 3 N–H and O–H groups in total. The van der Waals surface area contributed by atoms with Gasteiger partial charge in [0.2, 0.25) is 5.91 Å². The maximum Gasteiger partial charge on any atom is 0.234 e. The lowest BCUT2D eigenvalue weighted by Crippen LogP contribution is -2.38. The van der Waals surface area contributed by atoms with E-state index < -0.39 is 23.6 Å². The highest BCUT2D eigenvalue weighted by Gasteiger charge is 2.08. The van der Waals surface area contributed by atoms with Crippen LogP contribution in [-0.4, -0.2) is 11.9 Å². The second kappa shape index (κ2) is 7.69. The monoisotopic (exact) mass is 320 g/mol. The molecule has 0 aliphatic heterocycles. The van der Waals surface area contributed by atoms with Gasteiger partial charge in [-0.2, -0.15) is 0 Å². The number of amides is 1. The van der Waals surface area contributed by atoms with Crippen LogP contribution >= 0.6 is 0 Å². The second-order valence-electron chi connectivity index (χ2n) is 5.19. The van der Waals surface area contributed by atoms with Crippen molar-refractivity contribution in [3.63, 3.8) is 0 Å². The third-order valence-electron chi connectivity index (χ3n) is 3.32. The highest BCUT2D eigenvalue weighted by molar-refractivity contribution is 5.79. The number of halogens is 2. The Hall–Kier alpha value is -2.47. The zero-order valence-corrected chi connectivity index (χ0v) is 12.7. The van der Waals surface area contributed by atoms with E-state index in [0.717, 1.165) is 29.3 Å². The molecule has 23 heavy (non-hydrogen) atoms. The molecule has 6 heteroatoms. The molecular weight excluding hydrogens is 302 g/mol. The first-order valence-electron chi connectivity index (χ1n) is 7.14. The van der Waals surface area contributed by atoms with Crippen LogP contribution in [0.25, 0.3) is 0 Å². The Morgan fingerprint density at radius 3 is 2.70 bits per heavy atom. The first kappa shape index (κ1) is 16.9. The first-order chi connectivity index (χ1) is 11.0. The molecule has 1 atom stereocenters. The number of nitrogens with two attached hydrogens (primary N) is 1. The van der Waals surface area contributed by atoms with Crippen molar-refractivity contribution in [3.05, 3.63) is 65.2 Å². The smallest absolute Gasteiger partial charge is 0.234 e. The summed E-state index contributed by atoms with van der Waals surface area (Å²) in [5.74, 6) is -1.72. The molecule has 4 nitrogen and oxygen atoms in total. The maximum absolute atomic E-state index is 13.5. The molecule has 0 fully saturated rings. The lowest BCUT2D eigenvalue weighted by Gasteiger charge is -2.11. The van der Waals surface area contributed by atoms with E-state index in [2.05, 4.69) is 5.32 Å². The van der Waals surface area contributed by atoms with Crippen molar-refractivity contribution >= 4 is 5.91 Å². The molecule has 1 amide bonds. The van der Waals surface area contributed by atoms with Gasteiger partial charge in [0.05, 0.1) is 6.04 Å². The number of carbonyl (C=O) groups is 1. The Kier molecular flexibility index (Phi) is 5.65. The van der Waals surface area contributed by atoms with Crippen LogP contribution in [0.1, 0.15) is 18.1 Å². The van der Waals surface area contributed by atoms with E-state index >= 15 is 0 Å². The van der Waals surface area contributed by atoms with Crippen LogP contribution in [0.2, 0.25) is 0 Å². The number of carbonyl (C=O) groups excluding carboxylic acids is 1. The lowest BCUT2D eigenvalue weighted by atomic mass is 10.1. The molecule has 0 saturated heterocycles. The van der Waals surface area contributed by atoms with Crippen LogP contribution in [0.15, 0.2) is 42.5 Å². The van der Waals surface area contributed by atoms with Gasteiger partial charge in [0.25, 0.3) is 0 Å². The molecule has 2 rings (SSSR count). The third-order valence-corrected chi connectivity index (χ3v) is 3.32. The van der Waals surface area contributed by atoms with Crippen molar-refractivity contribution in [2.24, 2.45) is 5.73 Å². The molecule has 0 bridgehead atoms. The van der Waals surface area contributed by atoms with Crippen LogP contribution in [0, 0.1) is 11.6 Å². The summed E-state index contributed by atoms with van der Waals surface area (Å²) >= 11 is 0. The highest BCUT2D eigenvalue weighted by Crippen LogP contribution is 2.19. The molecule has 2 aromatic rings. The zero-order valence-electron chi connectivity index (χ0n) is 12.7. The number of nitrogens with one attached hydrogen (secondary N) is 1. The van der Waals surface area contributed by atoms with E-state index in [0.29, 0.717) is 6.54 Å². The van der Waals surface area contributed by atoms with Gasteiger partial charge in [-0.3, -0.25) is 4.79 Å². The molecule has 0 aliphatic carbocycles. The van der Waals surface area contributed by atoms with Gasteiger partial charge in [0.15, 0.2) is 11.6 Å². The van der Waals surface area contributed by atoms with Crippen molar-refractivity contribution in [2.75, 3.05) is 0 Å². The van der Waals surface area contributed by atoms with Gasteiger partial charge in [-0.25, -0.2) is 8.78 Å². The lowest BCUT2D eigenvalue weighted by molar-refractivity contribution is -0.119. The Bertz CT molecular complexity index is 692. The van der Waals surface area contributed by atoms with Crippen molar-refractivity contribution in [2.45, 2.75) is 26.1 Å². The first-order valence-corrected chi connectivity index (χ1v) is 7.14. The Morgan fingerprint density at radius 2 is 1.96 bits per heavy atom. The highest BCUT2D eigenvalue weighted by atomic mass is 19.1. The largest absolute Gasteiger partial charge is 0.486 e. The van der Waals surface area contributed by atoms with E-state index in [1.165, 1.54) is 0 Å². The molecule has 0 spiro atoms. The Morgan fingerprint density at radius 1 is 1.22 bits per heavy atom. The Balaban J connectivity index is 1.97. The van der Waals surface area contributed by atoms with Gasteiger partial charge in [-0.1, -0.05) is 24.3 Å². The standard InChI is InChI=1S/C17H18F2N2O2/c1-11(17(20)22)21-9-12-3-2-4-13(7-12)10-23-16-8-14(18)5-6-15(16)19/h2-8,11,21H,9-10H2,1H3,(H2,20,22)/t11-/m0/s1. The molecular formula is C17H18F2N2O2. The Labute approximate surface area is 133 Å². The number of rotatable bonds is 7. The van der Waals surface area contributed by atoms with Gasteiger partial charge < -0.3 is 15.8 Å². The van der Waals surface area contributed by atoms with Crippen molar-refractivity contribution in [3.8, 4) is 5.75 Å². The summed E-state index contributed by atoms with van der Waals surface area (Å²) in [6, 6.07) is 10.0. The van der Waals surface area contributed by atoms with E-state index in [4.69, 9.17) is 10.5 Å². The second-order valence-corrected chi connectivity index (χ2v) is 5.19. The minimum Gasteiger partial charge on any atom is -0.486 e. The van der Waals surface area contributed by atoms with Crippen LogP contribution in [0.4, 0.5) is 8.78 Å². The van der Waals surface area contributed by atoms with Gasteiger partial charge in [0.1, 0.15) is 12.4 Å². The molecule has 0 unspecified atom stereocenters. The van der Waals surface area contributed by atoms with Gasteiger partial charge in [0, 0.05) is 12.6 Å². The number of hydrogen-bond acceptors (Lipinski definition) is 3.